The highest BCUT2D eigenvalue weighted by Gasteiger charge is 2.23. The molecule has 1 aliphatic carbocycles. The normalized spacial score (nSPS) is 14.9. The van der Waals surface area contributed by atoms with E-state index in [-0.39, 0.29) is 5.82 Å². The molecule has 0 aliphatic heterocycles. The Bertz CT molecular complexity index is 668. The molecule has 3 rings (SSSR count). The molecular weight excluding hydrogens is 266 g/mol. The van der Waals surface area contributed by atoms with Gasteiger partial charge in [0.15, 0.2) is 0 Å². The average molecular weight is 285 g/mol. The molecule has 1 fully saturated rings. The van der Waals surface area contributed by atoms with E-state index >= 15 is 0 Å². The fourth-order valence-corrected chi connectivity index (χ4v) is 2.75. The van der Waals surface area contributed by atoms with Crippen molar-refractivity contribution in [2.45, 2.75) is 26.2 Å². The van der Waals surface area contributed by atoms with Crippen LogP contribution in [0.5, 0.6) is 0 Å². The number of carbonyl (C=O) groups is 1. The minimum absolute atomic E-state index is 0.129. The molecule has 1 N–H and O–H groups in total. The summed E-state index contributed by atoms with van der Waals surface area (Å²) in [6, 6.07) is 7.60. The highest BCUT2D eigenvalue weighted by molar-refractivity contribution is 5.93. The molecule has 1 heterocycles. The van der Waals surface area contributed by atoms with Gasteiger partial charge in [-0.1, -0.05) is 18.6 Å². The molecule has 1 aliphatic rings. The van der Waals surface area contributed by atoms with Gasteiger partial charge < -0.3 is 10.0 Å². The summed E-state index contributed by atoms with van der Waals surface area (Å²) >= 11 is 0. The first kappa shape index (κ1) is 13.8. The minimum atomic E-state index is -1.08. The molecule has 0 radical (unpaired) electrons. The lowest BCUT2D eigenvalue weighted by molar-refractivity contribution is 0.0684. The van der Waals surface area contributed by atoms with E-state index < -0.39 is 5.97 Å². The third kappa shape index (κ3) is 2.68. The predicted molar refractivity (Wildman–Crippen MR) is 81.7 cm³/mol. The Hall–Kier alpha value is -2.17. The molecular formula is C16H19N3O2. The second-order valence-corrected chi connectivity index (χ2v) is 5.53. The van der Waals surface area contributed by atoms with E-state index in [9.17, 15) is 9.90 Å². The summed E-state index contributed by atoms with van der Waals surface area (Å²) in [6.07, 6.45) is 3.81. The quantitative estimate of drug-likeness (QED) is 0.915. The fraction of sp³-hybridized carbons (Fsp3) is 0.438. The zero-order valence-corrected chi connectivity index (χ0v) is 12.1. The van der Waals surface area contributed by atoms with Crippen molar-refractivity contribution < 1.29 is 9.90 Å². The fourth-order valence-electron chi connectivity index (χ4n) is 2.75. The molecule has 5 heteroatoms. The van der Waals surface area contributed by atoms with Crippen molar-refractivity contribution in [3.63, 3.8) is 0 Å². The number of anilines is 1. The summed E-state index contributed by atoms with van der Waals surface area (Å²) in [7, 11) is 0. The van der Waals surface area contributed by atoms with E-state index in [1.54, 1.807) is 0 Å². The number of nitrogens with zero attached hydrogens (tertiary/aromatic N) is 3. The zero-order chi connectivity index (χ0) is 14.8. The van der Waals surface area contributed by atoms with Crippen LogP contribution in [0.3, 0.4) is 0 Å². The number of aromatic carboxylic acids is 1. The lowest BCUT2D eigenvalue weighted by atomic mass is 9.85. The van der Waals surface area contributed by atoms with Crippen LogP contribution in [0, 0.1) is 5.92 Å². The first-order chi connectivity index (χ1) is 10.2. The molecule has 110 valence electrons. The van der Waals surface area contributed by atoms with Gasteiger partial charge in [0.05, 0.1) is 5.52 Å². The molecule has 0 saturated heterocycles. The second kappa shape index (κ2) is 5.68. The van der Waals surface area contributed by atoms with Crippen molar-refractivity contribution in [2.75, 3.05) is 18.0 Å². The molecule has 0 unspecified atom stereocenters. The number of carboxylic acid groups (broad SMARTS) is 1. The summed E-state index contributed by atoms with van der Waals surface area (Å²) in [5.41, 5.74) is 0.687. The van der Waals surface area contributed by atoms with E-state index in [4.69, 9.17) is 0 Å². The molecule has 0 atom stereocenters. The van der Waals surface area contributed by atoms with Crippen LogP contribution in [0.2, 0.25) is 0 Å². The maximum absolute atomic E-state index is 11.3. The maximum Gasteiger partial charge on any atom is 0.374 e. The Balaban J connectivity index is 2.06. The maximum atomic E-state index is 11.3. The first-order valence-corrected chi connectivity index (χ1v) is 7.44. The van der Waals surface area contributed by atoms with Gasteiger partial charge >= 0.3 is 5.97 Å². The van der Waals surface area contributed by atoms with Crippen LogP contribution in [0.15, 0.2) is 24.3 Å². The Labute approximate surface area is 123 Å². The number of aromatic nitrogens is 2. The molecule has 1 aromatic carbocycles. The van der Waals surface area contributed by atoms with Gasteiger partial charge in [0, 0.05) is 18.5 Å². The van der Waals surface area contributed by atoms with Gasteiger partial charge in [0.1, 0.15) is 5.82 Å². The SMILES string of the molecule is CCN(CC1CCC1)c1nc(C(=O)O)nc2ccccc12. The van der Waals surface area contributed by atoms with Crippen LogP contribution in [0.1, 0.15) is 36.8 Å². The number of hydrogen-bond donors (Lipinski definition) is 1. The van der Waals surface area contributed by atoms with E-state index in [1.807, 2.05) is 24.3 Å². The third-order valence-corrected chi connectivity index (χ3v) is 4.16. The predicted octanol–water partition coefficient (Wildman–Crippen LogP) is 2.95. The van der Waals surface area contributed by atoms with E-state index in [2.05, 4.69) is 21.8 Å². The Morgan fingerprint density at radius 1 is 1.33 bits per heavy atom. The topological polar surface area (TPSA) is 66.3 Å². The summed E-state index contributed by atoms with van der Waals surface area (Å²) in [4.78, 5) is 21.9. The summed E-state index contributed by atoms with van der Waals surface area (Å²) in [5.74, 6) is 0.233. The average Bonchev–Trinajstić information content (AvgIpc) is 2.45. The smallest absolute Gasteiger partial charge is 0.374 e. The van der Waals surface area contributed by atoms with Crippen molar-refractivity contribution in [1.82, 2.24) is 9.97 Å². The van der Waals surface area contributed by atoms with Crippen LogP contribution in [-0.2, 0) is 0 Å². The highest BCUT2D eigenvalue weighted by atomic mass is 16.4. The second-order valence-electron chi connectivity index (χ2n) is 5.53. The number of carboxylic acids is 1. The molecule has 2 aromatic rings. The van der Waals surface area contributed by atoms with Crippen LogP contribution in [-0.4, -0.2) is 34.1 Å². The lowest BCUT2D eigenvalue weighted by Crippen LogP contribution is -2.33. The molecule has 1 aromatic heterocycles. The van der Waals surface area contributed by atoms with Crippen LogP contribution < -0.4 is 4.90 Å². The van der Waals surface area contributed by atoms with Crippen molar-refractivity contribution in [3.8, 4) is 0 Å². The Morgan fingerprint density at radius 3 is 2.71 bits per heavy atom. The molecule has 5 nitrogen and oxygen atoms in total. The van der Waals surface area contributed by atoms with E-state index in [1.165, 1.54) is 19.3 Å². The number of para-hydroxylation sites is 1. The molecule has 0 spiro atoms. The van der Waals surface area contributed by atoms with Gasteiger partial charge in [-0.25, -0.2) is 14.8 Å². The van der Waals surface area contributed by atoms with Gasteiger partial charge in [0.25, 0.3) is 0 Å². The zero-order valence-electron chi connectivity index (χ0n) is 12.1. The van der Waals surface area contributed by atoms with Gasteiger partial charge in [0.2, 0.25) is 5.82 Å². The van der Waals surface area contributed by atoms with E-state index in [0.29, 0.717) is 11.4 Å². The Kier molecular flexibility index (Phi) is 3.73. The van der Waals surface area contributed by atoms with Crippen LogP contribution in [0.4, 0.5) is 5.82 Å². The van der Waals surface area contributed by atoms with Gasteiger partial charge in [-0.15, -0.1) is 0 Å². The number of benzene rings is 1. The first-order valence-electron chi connectivity index (χ1n) is 7.44. The van der Waals surface area contributed by atoms with Crippen molar-refractivity contribution >= 4 is 22.7 Å². The van der Waals surface area contributed by atoms with Crippen LogP contribution >= 0.6 is 0 Å². The van der Waals surface area contributed by atoms with Gasteiger partial charge in [-0.2, -0.15) is 0 Å². The lowest BCUT2D eigenvalue weighted by Gasteiger charge is -2.33. The third-order valence-electron chi connectivity index (χ3n) is 4.16. The number of rotatable bonds is 5. The number of hydrogen-bond acceptors (Lipinski definition) is 4. The summed E-state index contributed by atoms with van der Waals surface area (Å²) in [5, 5.41) is 10.1. The van der Waals surface area contributed by atoms with Crippen LogP contribution in [0.25, 0.3) is 10.9 Å². The van der Waals surface area contributed by atoms with Crippen molar-refractivity contribution in [3.05, 3.63) is 30.1 Å². The highest BCUT2D eigenvalue weighted by Crippen LogP contribution is 2.30. The molecule has 21 heavy (non-hydrogen) atoms. The largest absolute Gasteiger partial charge is 0.475 e. The summed E-state index contributed by atoms with van der Waals surface area (Å²) in [6.45, 7) is 3.84. The van der Waals surface area contributed by atoms with Gasteiger partial charge in [-0.3, -0.25) is 0 Å². The summed E-state index contributed by atoms with van der Waals surface area (Å²) < 4.78 is 0. The number of fused-ring (bicyclic) bond motifs is 1. The minimum Gasteiger partial charge on any atom is -0.475 e. The monoisotopic (exact) mass is 285 g/mol. The molecule has 0 bridgehead atoms. The van der Waals surface area contributed by atoms with Gasteiger partial charge in [-0.05, 0) is 37.8 Å². The molecule has 1 saturated carbocycles. The van der Waals surface area contributed by atoms with Crippen molar-refractivity contribution in [2.24, 2.45) is 5.92 Å². The van der Waals surface area contributed by atoms with E-state index in [0.717, 1.165) is 24.3 Å². The Morgan fingerprint density at radius 2 is 2.10 bits per heavy atom. The standard InChI is InChI=1S/C16H19N3O2/c1-2-19(10-11-6-5-7-11)15-12-8-3-4-9-13(12)17-14(18-15)16(20)21/h3-4,8-9,11H,2,5-7,10H2,1H3,(H,20,21). The molecule has 0 amide bonds. The van der Waals surface area contributed by atoms with Crippen molar-refractivity contribution in [1.29, 1.82) is 0 Å².